The first-order chi connectivity index (χ1) is 9.65. The van der Waals surface area contributed by atoms with Crippen molar-refractivity contribution < 1.29 is 14.3 Å². The van der Waals surface area contributed by atoms with E-state index in [1.165, 1.54) is 7.11 Å². The highest BCUT2D eigenvalue weighted by molar-refractivity contribution is 7.98. The third kappa shape index (κ3) is 3.25. The fourth-order valence-corrected chi connectivity index (χ4v) is 2.30. The summed E-state index contributed by atoms with van der Waals surface area (Å²) in [6.07, 6.45) is 2.00. The lowest BCUT2D eigenvalue weighted by Crippen LogP contribution is -2.10. The van der Waals surface area contributed by atoms with Crippen molar-refractivity contribution in [3.8, 4) is 5.75 Å². The van der Waals surface area contributed by atoms with E-state index < -0.39 is 0 Å². The van der Waals surface area contributed by atoms with Crippen LogP contribution in [-0.2, 0) is 9.53 Å². The maximum Gasteiger partial charge on any atom is 0.312 e. The van der Waals surface area contributed by atoms with Crippen LogP contribution in [0.15, 0.2) is 36.4 Å². The molecule has 0 amide bonds. The zero-order chi connectivity index (χ0) is 14.5. The highest BCUT2D eigenvalue weighted by Gasteiger charge is 2.15. The van der Waals surface area contributed by atoms with Crippen molar-refractivity contribution in [1.29, 1.82) is 0 Å². The minimum absolute atomic E-state index is 0.218. The molecule has 20 heavy (non-hydrogen) atoms. The first-order valence-electron chi connectivity index (χ1n) is 6.39. The van der Waals surface area contributed by atoms with Gasteiger partial charge in [0.1, 0.15) is 11.7 Å². The molecule has 0 aromatic heterocycles. The highest BCUT2D eigenvalue weighted by atomic mass is 32.2. The molecule has 0 aliphatic rings. The van der Waals surface area contributed by atoms with Crippen molar-refractivity contribution in [2.24, 2.45) is 0 Å². The number of ether oxygens (including phenoxy) is 2. The van der Waals surface area contributed by atoms with E-state index >= 15 is 0 Å². The van der Waals surface area contributed by atoms with Crippen LogP contribution >= 0.6 is 11.8 Å². The summed E-state index contributed by atoms with van der Waals surface area (Å²) in [5.74, 6) is 1.03. The van der Waals surface area contributed by atoms with Gasteiger partial charge in [0, 0.05) is 0 Å². The molecule has 4 heteroatoms. The number of esters is 1. The molecule has 0 saturated heterocycles. The monoisotopic (exact) mass is 290 g/mol. The lowest BCUT2D eigenvalue weighted by atomic mass is 9.98. The molecule has 3 nitrogen and oxygen atoms in total. The van der Waals surface area contributed by atoms with Crippen molar-refractivity contribution >= 4 is 28.5 Å². The van der Waals surface area contributed by atoms with E-state index in [0.717, 1.165) is 22.1 Å². The molecule has 2 aromatic rings. The molecule has 1 atom stereocenters. The Morgan fingerprint density at radius 1 is 1.20 bits per heavy atom. The van der Waals surface area contributed by atoms with E-state index in [-0.39, 0.29) is 11.9 Å². The van der Waals surface area contributed by atoms with Crippen LogP contribution in [0.4, 0.5) is 0 Å². The number of benzene rings is 2. The van der Waals surface area contributed by atoms with E-state index in [4.69, 9.17) is 9.47 Å². The zero-order valence-corrected chi connectivity index (χ0v) is 12.7. The molecular weight excluding hydrogens is 272 g/mol. The molecule has 0 aliphatic carbocycles. The Bertz CT molecular complexity index is 610. The van der Waals surface area contributed by atoms with Gasteiger partial charge in [0.2, 0.25) is 0 Å². The van der Waals surface area contributed by atoms with Crippen LogP contribution in [0, 0.1) is 0 Å². The summed E-state index contributed by atoms with van der Waals surface area (Å²) in [7, 11) is 1.41. The number of rotatable bonds is 5. The summed E-state index contributed by atoms with van der Waals surface area (Å²) in [6.45, 7) is 1.85. The van der Waals surface area contributed by atoms with E-state index in [2.05, 4.69) is 0 Å². The number of hydrogen-bond donors (Lipinski definition) is 0. The van der Waals surface area contributed by atoms with Crippen LogP contribution in [0.25, 0.3) is 10.8 Å². The molecule has 0 bridgehead atoms. The van der Waals surface area contributed by atoms with Crippen molar-refractivity contribution in [3.05, 3.63) is 42.0 Å². The van der Waals surface area contributed by atoms with Crippen molar-refractivity contribution in [1.82, 2.24) is 0 Å². The van der Waals surface area contributed by atoms with E-state index in [9.17, 15) is 4.79 Å². The number of hydrogen-bond acceptors (Lipinski definition) is 4. The van der Waals surface area contributed by atoms with Gasteiger partial charge in [0.05, 0.1) is 13.0 Å². The molecule has 0 fully saturated rings. The molecule has 2 rings (SSSR count). The van der Waals surface area contributed by atoms with Crippen LogP contribution in [0.2, 0.25) is 0 Å². The second-order valence-electron chi connectivity index (χ2n) is 4.56. The Kier molecular flexibility index (Phi) is 4.90. The summed E-state index contributed by atoms with van der Waals surface area (Å²) >= 11 is 1.64. The van der Waals surface area contributed by atoms with Gasteiger partial charge in [0.15, 0.2) is 0 Å². The fraction of sp³-hybridized carbons (Fsp3) is 0.312. The highest BCUT2D eigenvalue weighted by Crippen LogP contribution is 2.26. The number of fused-ring (bicyclic) bond motifs is 1. The van der Waals surface area contributed by atoms with Crippen LogP contribution in [0.3, 0.4) is 0 Å². The summed E-state index contributed by atoms with van der Waals surface area (Å²) in [5, 5.41) is 2.19. The summed E-state index contributed by atoms with van der Waals surface area (Å²) in [5.41, 5.74) is 0.960. The normalized spacial score (nSPS) is 12.2. The van der Waals surface area contributed by atoms with Gasteiger partial charge in [0.25, 0.3) is 0 Å². The zero-order valence-electron chi connectivity index (χ0n) is 11.9. The topological polar surface area (TPSA) is 35.5 Å². The average molecular weight is 290 g/mol. The minimum Gasteiger partial charge on any atom is -0.483 e. The van der Waals surface area contributed by atoms with Crippen LogP contribution in [0.1, 0.15) is 18.4 Å². The van der Waals surface area contributed by atoms with Crippen LogP contribution < -0.4 is 4.74 Å². The Morgan fingerprint density at radius 2 is 1.90 bits per heavy atom. The van der Waals surface area contributed by atoms with Gasteiger partial charge in [-0.05, 0) is 41.6 Å². The first-order valence-corrected chi connectivity index (χ1v) is 7.78. The van der Waals surface area contributed by atoms with Gasteiger partial charge in [-0.2, -0.15) is 0 Å². The largest absolute Gasteiger partial charge is 0.483 e. The molecule has 1 unspecified atom stereocenters. The molecule has 0 spiro atoms. The molecule has 106 valence electrons. The SMILES string of the molecule is COC(=O)C(C)c1ccc2cc(OCSC)ccc2c1. The molecular formula is C16H18O3S. The van der Waals surface area contributed by atoms with Crippen molar-refractivity contribution in [2.75, 3.05) is 19.3 Å². The minimum atomic E-state index is -0.253. The predicted molar refractivity (Wildman–Crippen MR) is 83.4 cm³/mol. The smallest absolute Gasteiger partial charge is 0.312 e. The van der Waals surface area contributed by atoms with E-state index in [1.54, 1.807) is 11.8 Å². The van der Waals surface area contributed by atoms with Gasteiger partial charge in [-0.25, -0.2) is 0 Å². The maximum absolute atomic E-state index is 11.6. The third-order valence-corrected chi connectivity index (χ3v) is 3.59. The Balaban J connectivity index is 2.29. The second-order valence-corrected chi connectivity index (χ2v) is 5.38. The fourth-order valence-electron chi connectivity index (χ4n) is 2.04. The second kappa shape index (κ2) is 6.66. The first kappa shape index (κ1) is 14.7. The Hall–Kier alpha value is -1.68. The summed E-state index contributed by atoms with van der Waals surface area (Å²) < 4.78 is 10.4. The lowest BCUT2D eigenvalue weighted by Gasteiger charge is -2.11. The molecule has 0 radical (unpaired) electrons. The summed E-state index contributed by atoms with van der Waals surface area (Å²) in [6, 6.07) is 12.0. The Labute approximate surface area is 123 Å². The average Bonchev–Trinajstić information content (AvgIpc) is 2.50. The number of thioether (sulfide) groups is 1. The molecule has 0 heterocycles. The number of carbonyl (C=O) groups excluding carboxylic acids is 1. The number of carbonyl (C=O) groups is 1. The van der Waals surface area contributed by atoms with E-state index in [0.29, 0.717) is 5.94 Å². The van der Waals surface area contributed by atoms with Gasteiger partial charge in [-0.3, -0.25) is 4.79 Å². The predicted octanol–water partition coefficient (Wildman–Crippen LogP) is 3.82. The molecule has 2 aromatic carbocycles. The van der Waals surface area contributed by atoms with Crippen molar-refractivity contribution in [2.45, 2.75) is 12.8 Å². The van der Waals surface area contributed by atoms with Crippen LogP contribution in [-0.4, -0.2) is 25.3 Å². The van der Waals surface area contributed by atoms with Gasteiger partial charge in [-0.15, -0.1) is 11.8 Å². The van der Waals surface area contributed by atoms with Gasteiger partial charge < -0.3 is 9.47 Å². The van der Waals surface area contributed by atoms with Crippen molar-refractivity contribution in [3.63, 3.8) is 0 Å². The third-order valence-electron chi connectivity index (χ3n) is 3.23. The van der Waals surface area contributed by atoms with E-state index in [1.807, 2.05) is 49.6 Å². The summed E-state index contributed by atoms with van der Waals surface area (Å²) in [4.78, 5) is 11.6. The van der Waals surface area contributed by atoms with Crippen LogP contribution in [0.5, 0.6) is 5.75 Å². The standard InChI is InChI=1S/C16H18O3S/c1-11(16(17)18-2)12-4-5-14-9-15(19-10-20-3)7-6-13(14)8-12/h4-9,11H,10H2,1-3H3. The quantitative estimate of drug-likeness (QED) is 0.619. The molecule has 0 N–H and O–H groups in total. The molecule has 0 aliphatic heterocycles. The number of methoxy groups -OCH3 is 1. The Morgan fingerprint density at radius 3 is 2.60 bits per heavy atom. The molecule has 0 saturated carbocycles. The van der Waals surface area contributed by atoms with Gasteiger partial charge >= 0.3 is 5.97 Å². The maximum atomic E-state index is 11.6. The lowest BCUT2D eigenvalue weighted by molar-refractivity contribution is -0.141. The van der Waals surface area contributed by atoms with Gasteiger partial charge in [-0.1, -0.05) is 24.3 Å².